The Labute approximate surface area is 182 Å². The maximum atomic E-state index is 13.2. The number of hydrogen-bond donors (Lipinski definition) is 1. The molecular weight excluding hydrogens is 395 g/mol. The Bertz CT molecular complexity index is 889. The lowest BCUT2D eigenvalue weighted by Crippen LogP contribution is -2.44. The Balaban J connectivity index is 1.17. The standard InChI is InChI=1S/C25H29FN2O3/c26-21-8-6-20(7-9-21)25(13-14-25)18-27-24(30)19-10-15-28(16-11-19)23(29)12-17-31-22-4-2-1-3-5-22/h1-9,19H,10-18H2,(H,27,30). The Hall–Kier alpha value is -2.89. The molecule has 1 saturated carbocycles. The highest BCUT2D eigenvalue weighted by Crippen LogP contribution is 2.47. The number of carbonyl (C=O) groups excluding carboxylic acids is 2. The van der Waals surface area contributed by atoms with Gasteiger partial charge in [0.15, 0.2) is 0 Å². The molecule has 31 heavy (non-hydrogen) atoms. The van der Waals surface area contributed by atoms with Gasteiger partial charge in [-0.1, -0.05) is 30.3 Å². The van der Waals surface area contributed by atoms with Crippen LogP contribution in [0.5, 0.6) is 5.75 Å². The van der Waals surface area contributed by atoms with E-state index in [-0.39, 0.29) is 29.0 Å². The molecule has 1 aliphatic heterocycles. The summed E-state index contributed by atoms with van der Waals surface area (Å²) in [5.74, 6) is 0.598. The van der Waals surface area contributed by atoms with Crippen LogP contribution in [0.25, 0.3) is 0 Å². The lowest BCUT2D eigenvalue weighted by Gasteiger charge is -2.31. The van der Waals surface area contributed by atoms with Gasteiger partial charge in [-0.05, 0) is 55.5 Å². The Morgan fingerprint density at radius 1 is 1.03 bits per heavy atom. The van der Waals surface area contributed by atoms with Crippen LogP contribution in [0.4, 0.5) is 4.39 Å². The monoisotopic (exact) mass is 424 g/mol. The molecule has 1 heterocycles. The van der Waals surface area contributed by atoms with Gasteiger partial charge >= 0.3 is 0 Å². The molecule has 164 valence electrons. The van der Waals surface area contributed by atoms with E-state index >= 15 is 0 Å². The van der Waals surface area contributed by atoms with Crippen LogP contribution in [0.15, 0.2) is 54.6 Å². The number of nitrogens with zero attached hydrogens (tertiary/aromatic N) is 1. The number of halogens is 1. The second-order valence-corrected chi connectivity index (χ2v) is 8.57. The number of amides is 2. The quantitative estimate of drug-likeness (QED) is 0.703. The molecule has 2 aliphatic rings. The highest BCUT2D eigenvalue weighted by atomic mass is 19.1. The molecular formula is C25H29FN2O3. The fourth-order valence-electron chi connectivity index (χ4n) is 4.24. The molecule has 6 heteroatoms. The van der Waals surface area contributed by atoms with Crippen LogP contribution < -0.4 is 10.1 Å². The molecule has 0 spiro atoms. The van der Waals surface area contributed by atoms with E-state index in [0.717, 1.165) is 24.2 Å². The molecule has 4 rings (SSSR count). The number of likely N-dealkylation sites (tertiary alicyclic amines) is 1. The van der Waals surface area contributed by atoms with Crippen LogP contribution in [-0.2, 0) is 15.0 Å². The number of ether oxygens (including phenoxy) is 1. The second kappa shape index (κ2) is 9.50. The van der Waals surface area contributed by atoms with Gasteiger partial charge in [-0.25, -0.2) is 4.39 Å². The van der Waals surface area contributed by atoms with Crippen LogP contribution in [0.1, 0.15) is 37.7 Å². The molecule has 2 amide bonds. The van der Waals surface area contributed by atoms with E-state index in [4.69, 9.17) is 4.74 Å². The van der Waals surface area contributed by atoms with Gasteiger partial charge in [-0.3, -0.25) is 9.59 Å². The van der Waals surface area contributed by atoms with E-state index in [1.807, 2.05) is 47.4 Å². The molecule has 0 radical (unpaired) electrons. The summed E-state index contributed by atoms with van der Waals surface area (Å²) in [6.45, 7) is 2.15. The minimum atomic E-state index is -0.239. The van der Waals surface area contributed by atoms with Crippen LogP contribution >= 0.6 is 0 Å². The maximum Gasteiger partial charge on any atom is 0.225 e. The van der Waals surface area contributed by atoms with E-state index in [0.29, 0.717) is 45.5 Å². The van der Waals surface area contributed by atoms with Gasteiger partial charge in [-0.15, -0.1) is 0 Å². The topological polar surface area (TPSA) is 58.6 Å². The molecule has 0 aromatic heterocycles. The predicted molar refractivity (Wildman–Crippen MR) is 116 cm³/mol. The van der Waals surface area contributed by atoms with Gasteiger partial charge in [0.05, 0.1) is 13.0 Å². The lowest BCUT2D eigenvalue weighted by molar-refractivity contribution is -0.136. The average Bonchev–Trinajstić information content (AvgIpc) is 3.60. The summed E-state index contributed by atoms with van der Waals surface area (Å²) >= 11 is 0. The lowest BCUT2D eigenvalue weighted by atomic mass is 9.93. The third-order valence-corrected chi connectivity index (χ3v) is 6.46. The Kier molecular flexibility index (Phi) is 6.54. The SMILES string of the molecule is O=C(NCC1(c2ccc(F)cc2)CC1)C1CCN(C(=O)CCOc2ccccc2)CC1. The number of carbonyl (C=O) groups is 2. The molecule has 0 atom stereocenters. The normalized spacial score (nSPS) is 17.8. The van der Waals surface area contributed by atoms with Gasteiger partial charge in [0.25, 0.3) is 0 Å². The van der Waals surface area contributed by atoms with E-state index in [2.05, 4.69) is 5.32 Å². The smallest absolute Gasteiger partial charge is 0.225 e. The minimum Gasteiger partial charge on any atom is -0.493 e. The molecule has 2 fully saturated rings. The fourth-order valence-corrected chi connectivity index (χ4v) is 4.24. The first-order chi connectivity index (χ1) is 15.1. The average molecular weight is 425 g/mol. The fraction of sp³-hybridized carbons (Fsp3) is 0.440. The summed E-state index contributed by atoms with van der Waals surface area (Å²) in [4.78, 5) is 26.9. The number of rotatable bonds is 8. The van der Waals surface area contributed by atoms with Crippen molar-refractivity contribution in [1.29, 1.82) is 0 Å². The van der Waals surface area contributed by atoms with Crippen molar-refractivity contribution in [3.63, 3.8) is 0 Å². The largest absolute Gasteiger partial charge is 0.493 e. The number of nitrogens with one attached hydrogen (secondary N) is 1. The van der Waals surface area contributed by atoms with E-state index < -0.39 is 0 Å². The highest BCUT2D eigenvalue weighted by molar-refractivity contribution is 5.80. The van der Waals surface area contributed by atoms with Crippen LogP contribution in [0.3, 0.4) is 0 Å². The number of piperidine rings is 1. The van der Waals surface area contributed by atoms with E-state index in [9.17, 15) is 14.0 Å². The zero-order chi connectivity index (χ0) is 21.7. The van der Waals surface area contributed by atoms with Gasteiger partial charge in [-0.2, -0.15) is 0 Å². The first-order valence-electron chi connectivity index (χ1n) is 11.1. The van der Waals surface area contributed by atoms with Crippen LogP contribution in [0.2, 0.25) is 0 Å². The van der Waals surface area contributed by atoms with Crippen molar-refractivity contribution in [3.8, 4) is 5.75 Å². The van der Waals surface area contributed by atoms with Crippen LogP contribution in [-0.4, -0.2) is 43.0 Å². The Morgan fingerprint density at radius 3 is 2.35 bits per heavy atom. The third kappa shape index (κ3) is 5.43. The van der Waals surface area contributed by atoms with Crippen molar-refractivity contribution < 1.29 is 18.7 Å². The van der Waals surface area contributed by atoms with Crippen LogP contribution in [0, 0.1) is 11.7 Å². The van der Waals surface area contributed by atoms with E-state index in [1.54, 1.807) is 0 Å². The molecule has 5 nitrogen and oxygen atoms in total. The second-order valence-electron chi connectivity index (χ2n) is 8.57. The molecule has 1 saturated heterocycles. The number of hydrogen-bond acceptors (Lipinski definition) is 3. The molecule has 2 aromatic carbocycles. The van der Waals surface area contributed by atoms with Gasteiger partial charge in [0.2, 0.25) is 11.8 Å². The van der Waals surface area contributed by atoms with Gasteiger partial charge in [0, 0.05) is 31.0 Å². The summed E-state index contributed by atoms with van der Waals surface area (Å²) in [5, 5.41) is 3.11. The van der Waals surface area contributed by atoms with Gasteiger partial charge < -0.3 is 15.0 Å². The van der Waals surface area contributed by atoms with Crippen molar-refractivity contribution in [2.75, 3.05) is 26.2 Å². The molecule has 1 aliphatic carbocycles. The highest BCUT2D eigenvalue weighted by Gasteiger charge is 2.44. The van der Waals surface area contributed by atoms with Crippen molar-refractivity contribution in [3.05, 3.63) is 66.0 Å². The van der Waals surface area contributed by atoms with Gasteiger partial charge in [0.1, 0.15) is 11.6 Å². The molecule has 0 unspecified atom stereocenters. The molecule has 2 aromatic rings. The van der Waals surface area contributed by atoms with E-state index in [1.165, 1.54) is 12.1 Å². The van der Waals surface area contributed by atoms with Crippen molar-refractivity contribution >= 4 is 11.8 Å². The summed E-state index contributed by atoms with van der Waals surface area (Å²) in [7, 11) is 0. The zero-order valence-electron chi connectivity index (χ0n) is 17.7. The molecule has 0 bridgehead atoms. The zero-order valence-corrected chi connectivity index (χ0v) is 17.7. The Morgan fingerprint density at radius 2 is 1.71 bits per heavy atom. The van der Waals surface area contributed by atoms with Crippen molar-refractivity contribution in [2.45, 2.75) is 37.5 Å². The first-order valence-corrected chi connectivity index (χ1v) is 11.1. The third-order valence-electron chi connectivity index (χ3n) is 6.46. The van der Waals surface area contributed by atoms with Crippen molar-refractivity contribution in [2.24, 2.45) is 5.92 Å². The summed E-state index contributed by atoms with van der Waals surface area (Å²) < 4.78 is 18.8. The summed E-state index contributed by atoms with van der Waals surface area (Å²) in [6.07, 6.45) is 3.72. The summed E-state index contributed by atoms with van der Waals surface area (Å²) in [6, 6.07) is 16.1. The summed E-state index contributed by atoms with van der Waals surface area (Å²) in [5.41, 5.74) is 1.05. The maximum absolute atomic E-state index is 13.2. The first kappa shape index (κ1) is 21.3. The predicted octanol–water partition coefficient (Wildman–Crippen LogP) is 3.68. The molecule has 1 N–H and O–H groups in total. The number of benzene rings is 2. The number of para-hydroxylation sites is 1. The van der Waals surface area contributed by atoms with Crippen molar-refractivity contribution in [1.82, 2.24) is 10.2 Å². The minimum absolute atomic E-state index is 0.0429.